The van der Waals surface area contributed by atoms with Crippen LogP contribution in [0.1, 0.15) is 13.8 Å². The van der Waals surface area contributed by atoms with Gasteiger partial charge in [-0.05, 0) is 23.9 Å². The minimum atomic E-state index is -2.98. The lowest BCUT2D eigenvalue weighted by molar-refractivity contribution is 0.425. The van der Waals surface area contributed by atoms with Gasteiger partial charge in [0.15, 0.2) is 0 Å². The second kappa shape index (κ2) is 3.03. The molecule has 58 valence electrons. The summed E-state index contributed by atoms with van der Waals surface area (Å²) in [6.45, 7) is -2.98. The zero-order valence-corrected chi connectivity index (χ0v) is 5.35. The molecule has 0 saturated heterocycles. The quantitative estimate of drug-likeness (QED) is 0.559. The van der Waals surface area contributed by atoms with Gasteiger partial charge in [-0.2, -0.15) is 0 Å². The highest BCUT2D eigenvalue weighted by Crippen LogP contribution is 2.01. The Bertz CT molecular complexity index is 432. The van der Waals surface area contributed by atoms with Crippen LogP contribution in [-0.2, 0) is 0 Å². The lowest BCUT2D eigenvalue weighted by Gasteiger charge is -2.00. The number of halogens is 1. The third-order valence-corrected chi connectivity index (χ3v) is 1.04. The molecule has 4 heteroatoms. The van der Waals surface area contributed by atoms with E-state index in [1.807, 2.05) is 0 Å². The molecule has 0 aliphatic rings. The molecule has 0 aliphatic carbocycles. The van der Waals surface area contributed by atoms with Crippen molar-refractivity contribution in [1.29, 1.82) is 0 Å². The molecule has 1 rings (SSSR count). The Hall–Kier alpha value is -0.865. The minimum absolute atomic E-state index is 0.819. The van der Waals surface area contributed by atoms with Gasteiger partial charge in [-0.15, -0.1) is 0 Å². The Morgan fingerprint density at radius 2 is 2.36 bits per heavy atom. The summed E-state index contributed by atoms with van der Waals surface area (Å²) in [5.74, 6) is -1.53. The van der Waals surface area contributed by atoms with Gasteiger partial charge in [0, 0.05) is 4.11 Å². The molecule has 0 spiro atoms. The highest BCUT2D eigenvalue weighted by molar-refractivity contribution is 6.58. The van der Waals surface area contributed by atoms with Crippen LogP contribution in [0.25, 0.3) is 0 Å². The van der Waals surface area contributed by atoms with Crippen LogP contribution in [0.5, 0.6) is 0 Å². The van der Waals surface area contributed by atoms with Gasteiger partial charge in [0.05, 0.1) is 4.11 Å². The van der Waals surface area contributed by atoms with Crippen LogP contribution in [0.3, 0.4) is 0 Å². The highest BCUT2D eigenvalue weighted by Gasteiger charge is 2.11. The van der Waals surface area contributed by atoms with E-state index in [9.17, 15) is 4.39 Å². The molecular formula is C7H8BFO2. The van der Waals surface area contributed by atoms with Crippen molar-refractivity contribution in [3.8, 4) is 0 Å². The van der Waals surface area contributed by atoms with E-state index in [-0.39, 0.29) is 0 Å². The molecule has 0 aliphatic heterocycles. The van der Waals surface area contributed by atoms with E-state index >= 15 is 0 Å². The van der Waals surface area contributed by atoms with Gasteiger partial charge in [-0.3, -0.25) is 0 Å². The molecule has 0 fully saturated rings. The fourth-order valence-electron chi connectivity index (χ4n) is 0.526. The van der Waals surface area contributed by atoms with E-state index < -0.39 is 48.9 Å². The van der Waals surface area contributed by atoms with Crippen LogP contribution in [0, 0.1) is 12.7 Å². The van der Waals surface area contributed by atoms with E-state index in [0.717, 1.165) is 0 Å². The predicted octanol–water partition coefficient (Wildman–Crippen LogP) is -0.186. The molecule has 1 aromatic carbocycles. The predicted molar refractivity (Wildman–Crippen MR) is 41.0 cm³/mol. The summed E-state index contributed by atoms with van der Waals surface area (Å²) < 4.78 is 56.5. The average Bonchev–Trinajstić information content (AvgIpc) is 2.12. The van der Waals surface area contributed by atoms with Gasteiger partial charge in [0.1, 0.15) is 5.82 Å². The lowest BCUT2D eigenvalue weighted by Crippen LogP contribution is -2.30. The summed E-state index contributed by atoms with van der Waals surface area (Å²) in [6.07, 6.45) is 0. The first kappa shape index (κ1) is 3.25. The average molecular weight is 160 g/mol. The molecule has 0 amide bonds. The van der Waals surface area contributed by atoms with Crippen molar-refractivity contribution in [3.05, 3.63) is 29.5 Å². The number of hydrogen-bond donors (Lipinski definition) is 2. The molecule has 0 heterocycles. The Balaban J connectivity index is 3.71. The van der Waals surface area contributed by atoms with Gasteiger partial charge in [0.2, 0.25) is 0 Å². The van der Waals surface area contributed by atoms with E-state index in [2.05, 4.69) is 0 Å². The molecule has 0 unspecified atom stereocenters. The van der Waals surface area contributed by atoms with Crippen molar-refractivity contribution in [2.24, 2.45) is 0 Å². The fourth-order valence-corrected chi connectivity index (χ4v) is 0.526. The molecule has 0 radical (unpaired) electrons. The number of hydrogen-bond acceptors (Lipinski definition) is 2. The van der Waals surface area contributed by atoms with E-state index in [4.69, 9.17) is 18.3 Å². The van der Waals surface area contributed by atoms with Gasteiger partial charge in [-0.25, -0.2) is 4.39 Å². The molecule has 1 aromatic rings. The monoisotopic (exact) mass is 160 g/mol. The van der Waals surface area contributed by atoms with Gasteiger partial charge in [0.25, 0.3) is 0 Å². The summed E-state index contributed by atoms with van der Waals surface area (Å²) in [6, 6.07) is -2.94. The van der Waals surface area contributed by atoms with Gasteiger partial charge < -0.3 is 10.0 Å². The molecule has 0 saturated carbocycles. The summed E-state index contributed by atoms with van der Waals surface area (Å²) >= 11 is 0. The van der Waals surface area contributed by atoms with Crippen molar-refractivity contribution < 1.29 is 22.7 Å². The first-order valence-electron chi connectivity index (χ1n) is 5.74. The highest BCUT2D eigenvalue weighted by atomic mass is 19.1. The second-order valence-corrected chi connectivity index (χ2v) is 1.85. The first-order valence-corrected chi connectivity index (χ1v) is 2.74. The fraction of sp³-hybridized carbons (Fsp3) is 0.143. The Morgan fingerprint density at radius 1 is 1.64 bits per heavy atom. The maximum Gasteiger partial charge on any atom is 0.488 e. The van der Waals surface area contributed by atoms with E-state index in [1.54, 1.807) is 0 Å². The van der Waals surface area contributed by atoms with Crippen LogP contribution in [0.2, 0.25) is 0 Å². The summed E-state index contributed by atoms with van der Waals surface area (Å²) in [7, 11) is -2.31. The molecule has 0 bridgehead atoms. The van der Waals surface area contributed by atoms with Crippen LogP contribution in [0.15, 0.2) is 18.1 Å². The van der Waals surface area contributed by atoms with Gasteiger partial charge >= 0.3 is 7.12 Å². The molecule has 2 N–H and O–H groups in total. The van der Waals surface area contributed by atoms with Crippen LogP contribution < -0.4 is 5.46 Å². The normalized spacial score (nSPS) is 18.8. The molecule has 0 aromatic heterocycles. The Labute approximate surface area is 72.9 Å². The van der Waals surface area contributed by atoms with E-state index in [1.165, 1.54) is 0 Å². The maximum atomic E-state index is 13.6. The molecular weight excluding hydrogens is 146 g/mol. The summed E-state index contributed by atoms with van der Waals surface area (Å²) in [5, 5.41) is 17.7. The van der Waals surface area contributed by atoms with Crippen LogP contribution in [0.4, 0.5) is 4.39 Å². The van der Waals surface area contributed by atoms with Crippen LogP contribution in [-0.4, -0.2) is 17.2 Å². The first-order chi connectivity index (χ1) is 7.59. The topological polar surface area (TPSA) is 40.5 Å². The third-order valence-electron chi connectivity index (χ3n) is 1.04. The van der Waals surface area contributed by atoms with Crippen molar-refractivity contribution in [2.45, 2.75) is 6.85 Å². The van der Waals surface area contributed by atoms with Crippen molar-refractivity contribution in [1.82, 2.24) is 0 Å². The molecule has 0 atom stereocenters. The van der Waals surface area contributed by atoms with Gasteiger partial charge in [-0.1, -0.05) is 12.1 Å². The van der Waals surface area contributed by atoms with E-state index in [0.29, 0.717) is 0 Å². The lowest BCUT2D eigenvalue weighted by atomic mass is 9.80. The maximum absolute atomic E-state index is 13.6. The SMILES string of the molecule is [2H]c1c([2H])c(C([2H])([2H])[2H])c(F)c([2H])c1B(O)O. The molecule has 11 heavy (non-hydrogen) atoms. The minimum Gasteiger partial charge on any atom is -0.423 e. The van der Waals surface area contributed by atoms with Crippen molar-refractivity contribution in [2.75, 3.05) is 0 Å². The summed E-state index contributed by atoms with van der Waals surface area (Å²) in [5.41, 5.74) is -1.88. The van der Waals surface area contributed by atoms with Crippen molar-refractivity contribution in [3.63, 3.8) is 0 Å². The third kappa shape index (κ3) is 1.79. The largest absolute Gasteiger partial charge is 0.488 e. The summed E-state index contributed by atoms with van der Waals surface area (Å²) in [4.78, 5) is 0. The number of benzene rings is 1. The Morgan fingerprint density at radius 3 is 2.91 bits per heavy atom. The molecule has 2 nitrogen and oxygen atoms in total. The zero-order chi connectivity index (χ0) is 13.5. The van der Waals surface area contributed by atoms with Crippen molar-refractivity contribution >= 4 is 12.6 Å². The second-order valence-electron chi connectivity index (χ2n) is 1.85. The smallest absolute Gasteiger partial charge is 0.423 e. The standard InChI is InChI=1S/C7H8BFO2/c1-5-2-3-6(8(10)11)4-7(5)9/h2-4,10-11H,1H3/i1D3,2D,3D,4D. The Kier molecular flexibility index (Phi) is 0.894. The number of rotatable bonds is 1. The van der Waals surface area contributed by atoms with Crippen LogP contribution >= 0.6 is 0 Å². The zero-order valence-electron chi connectivity index (χ0n) is 11.3.